The van der Waals surface area contributed by atoms with E-state index in [2.05, 4.69) is 35.8 Å². The molecule has 0 bridgehead atoms. The lowest BCUT2D eigenvalue weighted by Gasteiger charge is -2.19. The molecule has 3 aromatic carbocycles. The number of aromatic nitrogens is 1. The van der Waals surface area contributed by atoms with E-state index in [0.717, 1.165) is 11.1 Å². The summed E-state index contributed by atoms with van der Waals surface area (Å²) in [5, 5.41) is 3.68. The third-order valence-electron chi connectivity index (χ3n) is 6.51. The van der Waals surface area contributed by atoms with E-state index in [1.54, 1.807) is 37.4 Å². The molecule has 0 saturated carbocycles. The van der Waals surface area contributed by atoms with Crippen molar-refractivity contribution in [3.05, 3.63) is 78.0 Å². The van der Waals surface area contributed by atoms with E-state index in [1.807, 2.05) is 55.4 Å². The Morgan fingerprint density at radius 3 is 2.36 bits per heavy atom. The Morgan fingerprint density at radius 2 is 1.72 bits per heavy atom. The number of carbonyl (C=O) groups is 1. The first kappa shape index (κ1) is 28.2. The second-order valence-electron chi connectivity index (χ2n) is 10.8. The Labute approximate surface area is 230 Å². The number of carbonyl (C=O) groups excluding carboxylic acids is 1. The van der Waals surface area contributed by atoms with E-state index in [1.165, 1.54) is 0 Å². The standard InChI is InChI=1S/C30H36N4O4S/c1-30(2,3)21-10-13-24(14-11-21)39(36,37)33-22-12-15-26-25(19-22)27(20-8-7-9-23(18-20)38-6)28(32-26)29(35)31-16-17-34(4)5/h7-15,18-19,32-33H,16-17H2,1-6H3,(H,31,35). The monoisotopic (exact) mass is 548 g/mol. The molecule has 39 heavy (non-hydrogen) atoms. The first-order valence-corrected chi connectivity index (χ1v) is 14.2. The van der Waals surface area contributed by atoms with Crippen molar-refractivity contribution < 1.29 is 17.9 Å². The number of hydrogen-bond donors (Lipinski definition) is 3. The highest BCUT2D eigenvalue weighted by molar-refractivity contribution is 7.92. The van der Waals surface area contributed by atoms with E-state index in [0.29, 0.717) is 46.7 Å². The lowest BCUT2D eigenvalue weighted by molar-refractivity contribution is 0.0947. The molecule has 3 N–H and O–H groups in total. The number of aromatic amines is 1. The number of fused-ring (bicyclic) bond motifs is 1. The zero-order chi connectivity index (χ0) is 28.4. The van der Waals surface area contributed by atoms with Crippen LogP contribution in [0.3, 0.4) is 0 Å². The molecule has 4 aromatic rings. The number of sulfonamides is 1. The Bertz CT molecular complexity index is 1580. The number of likely N-dealkylation sites (N-methyl/N-ethyl adjacent to an activating group) is 1. The molecular weight excluding hydrogens is 512 g/mol. The second-order valence-corrected chi connectivity index (χ2v) is 12.5. The van der Waals surface area contributed by atoms with Gasteiger partial charge in [-0.25, -0.2) is 8.42 Å². The number of benzene rings is 3. The Balaban J connectivity index is 1.74. The number of H-pyrrole nitrogens is 1. The Hall–Kier alpha value is -3.82. The van der Waals surface area contributed by atoms with Crippen LogP contribution in [0.1, 0.15) is 36.8 Å². The van der Waals surface area contributed by atoms with E-state index in [4.69, 9.17) is 4.74 Å². The van der Waals surface area contributed by atoms with Gasteiger partial charge in [-0.05, 0) is 73.1 Å². The van der Waals surface area contributed by atoms with Crippen LogP contribution in [0.4, 0.5) is 5.69 Å². The maximum absolute atomic E-state index is 13.2. The van der Waals surface area contributed by atoms with Gasteiger partial charge in [0.25, 0.3) is 15.9 Å². The van der Waals surface area contributed by atoms with Crippen LogP contribution in [0.25, 0.3) is 22.0 Å². The van der Waals surface area contributed by atoms with Crippen LogP contribution >= 0.6 is 0 Å². The van der Waals surface area contributed by atoms with Gasteiger partial charge >= 0.3 is 0 Å². The van der Waals surface area contributed by atoms with Gasteiger partial charge in [-0.3, -0.25) is 9.52 Å². The zero-order valence-electron chi connectivity index (χ0n) is 23.3. The third-order valence-corrected chi connectivity index (χ3v) is 7.91. The molecule has 0 fully saturated rings. The number of hydrogen-bond acceptors (Lipinski definition) is 5. The van der Waals surface area contributed by atoms with Crippen molar-refractivity contribution >= 4 is 32.5 Å². The molecule has 0 atom stereocenters. The van der Waals surface area contributed by atoms with Crippen LogP contribution in [0.5, 0.6) is 5.75 Å². The molecular formula is C30H36N4O4S. The van der Waals surface area contributed by atoms with Gasteiger partial charge in [-0.15, -0.1) is 0 Å². The van der Waals surface area contributed by atoms with Crippen molar-refractivity contribution in [2.24, 2.45) is 0 Å². The smallest absolute Gasteiger partial charge is 0.268 e. The molecule has 0 aliphatic carbocycles. The van der Waals surface area contributed by atoms with Crippen LogP contribution < -0.4 is 14.8 Å². The zero-order valence-corrected chi connectivity index (χ0v) is 24.1. The Morgan fingerprint density at radius 1 is 1.00 bits per heavy atom. The highest BCUT2D eigenvalue weighted by atomic mass is 32.2. The summed E-state index contributed by atoms with van der Waals surface area (Å²) in [6.45, 7) is 7.42. The number of methoxy groups -OCH3 is 1. The number of amides is 1. The minimum atomic E-state index is -3.83. The number of nitrogens with one attached hydrogen (secondary N) is 3. The number of anilines is 1. The maximum Gasteiger partial charge on any atom is 0.268 e. The summed E-state index contributed by atoms with van der Waals surface area (Å²) in [7, 11) is 1.65. The molecule has 4 rings (SSSR count). The fourth-order valence-electron chi connectivity index (χ4n) is 4.33. The van der Waals surface area contributed by atoms with Gasteiger partial charge in [-0.2, -0.15) is 0 Å². The van der Waals surface area contributed by atoms with E-state index < -0.39 is 10.0 Å². The molecule has 1 aromatic heterocycles. The van der Waals surface area contributed by atoms with Crippen molar-refractivity contribution in [3.8, 4) is 16.9 Å². The number of nitrogens with zero attached hydrogens (tertiary/aromatic N) is 1. The second kappa shape index (κ2) is 11.1. The van der Waals surface area contributed by atoms with Crippen LogP contribution in [-0.4, -0.2) is 58.5 Å². The summed E-state index contributed by atoms with van der Waals surface area (Å²) in [4.78, 5) is 18.6. The lowest BCUT2D eigenvalue weighted by atomic mass is 9.87. The van der Waals surface area contributed by atoms with Gasteiger partial charge in [0.05, 0.1) is 12.0 Å². The molecule has 8 nitrogen and oxygen atoms in total. The van der Waals surface area contributed by atoms with E-state index in [9.17, 15) is 13.2 Å². The average Bonchev–Trinajstić information content (AvgIpc) is 3.27. The summed E-state index contributed by atoms with van der Waals surface area (Å²) in [5.74, 6) is 0.406. The molecule has 9 heteroatoms. The number of ether oxygens (including phenoxy) is 1. The van der Waals surface area contributed by atoms with Gasteiger partial charge in [-0.1, -0.05) is 45.0 Å². The predicted octanol–water partition coefficient (Wildman–Crippen LogP) is 5.23. The van der Waals surface area contributed by atoms with Gasteiger partial charge in [0.1, 0.15) is 11.4 Å². The average molecular weight is 549 g/mol. The van der Waals surface area contributed by atoms with Crippen LogP contribution in [0.2, 0.25) is 0 Å². The van der Waals surface area contributed by atoms with Crippen molar-refractivity contribution in [3.63, 3.8) is 0 Å². The lowest BCUT2D eigenvalue weighted by Crippen LogP contribution is -2.31. The van der Waals surface area contributed by atoms with Crippen molar-refractivity contribution in [2.75, 3.05) is 39.0 Å². The van der Waals surface area contributed by atoms with Gasteiger partial charge < -0.3 is 19.9 Å². The van der Waals surface area contributed by atoms with Crippen molar-refractivity contribution in [2.45, 2.75) is 31.1 Å². The topological polar surface area (TPSA) is 104 Å². The highest BCUT2D eigenvalue weighted by Crippen LogP contribution is 2.36. The Kier molecular flexibility index (Phi) is 8.04. The first-order chi connectivity index (χ1) is 18.4. The van der Waals surface area contributed by atoms with Gasteiger partial charge in [0.15, 0.2) is 0 Å². The molecule has 0 aliphatic rings. The highest BCUT2D eigenvalue weighted by Gasteiger charge is 2.22. The molecule has 0 saturated heterocycles. The molecule has 0 aliphatic heterocycles. The van der Waals surface area contributed by atoms with E-state index in [-0.39, 0.29) is 16.2 Å². The minimum absolute atomic E-state index is 0.0813. The predicted molar refractivity (Wildman–Crippen MR) is 157 cm³/mol. The summed E-state index contributed by atoms with van der Waals surface area (Å²) < 4.78 is 34.6. The van der Waals surface area contributed by atoms with Crippen LogP contribution in [0.15, 0.2) is 71.6 Å². The van der Waals surface area contributed by atoms with Crippen LogP contribution in [0, 0.1) is 0 Å². The van der Waals surface area contributed by atoms with Crippen LogP contribution in [-0.2, 0) is 15.4 Å². The quantitative estimate of drug-likeness (QED) is 0.266. The minimum Gasteiger partial charge on any atom is -0.497 e. The van der Waals surface area contributed by atoms with E-state index >= 15 is 0 Å². The first-order valence-electron chi connectivity index (χ1n) is 12.8. The molecule has 206 valence electrons. The van der Waals surface area contributed by atoms with Crippen molar-refractivity contribution in [1.29, 1.82) is 0 Å². The molecule has 0 radical (unpaired) electrons. The summed E-state index contributed by atoms with van der Waals surface area (Å²) in [6.07, 6.45) is 0. The molecule has 1 amide bonds. The SMILES string of the molecule is COc1cccc(-c2c(C(=O)NCCN(C)C)[nH]c3ccc(NS(=O)(=O)c4ccc(C(C)(C)C)cc4)cc23)c1. The van der Waals surface area contributed by atoms with Crippen molar-refractivity contribution in [1.82, 2.24) is 15.2 Å². The van der Waals surface area contributed by atoms with Gasteiger partial charge in [0, 0.05) is 35.2 Å². The largest absolute Gasteiger partial charge is 0.497 e. The summed E-state index contributed by atoms with van der Waals surface area (Å²) in [5.41, 5.74) is 3.91. The molecule has 0 unspecified atom stereocenters. The summed E-state index contributed by atoms with van der Waals surface area (Å²) in [6, 6.07) is 19.6. The normalized spacial score (nSPS) is 12.1. The third kappa shape index (κ3) is 6.43. The maximum atomic E-state index is 13.2. The fraction of sp³-hybridized carbons (Fsp3) is 0.300. The van der Waals surface area contributed by atoms with Gasteiger partial charge in [0.2, 0.25) is 0 Å². The molecule has 1 heterocycles. The summed E-state index contributed by atoms with van der Waals surface area (Å²) >= 11 is 0. The molecule has 0 spiro atoms. The number of rotatable bonds is 9. The fourth-order valence-corrected chi connectivity index (χ4v) is 5.38.